The maximum absolute atomic E-state index is 12.7. The van der Waals surface area contributed by atoms with Crippen molar-refractivity contribution >= 4 is 27.5 Å². The number of benzene rings is 1. The first kappa shape index (κ1) is 14.5. The Hall–Kier alpha value is -1.46. The van der Waals surface area contributed by atoms with Crippen molar-refractivity contribution in [1.82, 2.24) is 9.27 Å². The minimum atomic E-state index is 0.0610. The Morgan fingerprint density at radius 1 is 1.52 bits per heavy atom. The Morgan fingerprint density at radius 2 is 2.38 bits per heavy atom. The fraction of sp³-hybridized carbons (Fsp3) is 0.500. The van der Waals surface area contributed by atoms with Gasteiger partial charge in [0, 0.05) is 31.0 Å². The molecule has 2 aromatic rings. The second-order valence-corrected chi connectivity index (χ2v) is 6.40. The molecular formula is C16H20N2O2S. The van der Waals surface area contributed by atoms with Crippen LogP contribution in [0.4, 0.5) is 0 Å². The summed E-state index contributed by atoms with van der Waals surface area (Å²) in [6.45, 7) is 7.11. The van der Waals surface area contributed by atoms with E-state index < -0.39 is 0 Å². The summed E-state index contributed by atoms with van der Waals surface area (Å²) in [6, 6.07) is 6.16. The van der Waals surface area contributed by atoms with Crippen LogP contribution in [-0.2, 0) is 4.74 Å². The standard InChI is InChI=1S/C16H20N2O2S/c1-3-20-10-12-6-7-18(9-12)16(19)15-13-8-11(2)4-5-14(13)21-17-15/h4-5,8,12H,3,6-7,9-10H2,1-2H3/t12-/m1/s1. The number of nitrogens with zero attached hydrogens (tertiary/aromatic N) is 2. The van der Waals surface area contributed by atoms with E-state index in [4.69, 9.17) is 4.74 Å². The van der Waals surface area contributed by atoms with E-state index in [-0.39, 0.29) is 5.91 Å². The van der Waals surface area contributed by atoms with Crippen molar-refractivity contribution in [1.29, 1.82) is 0 Å². The first-order valence-electron chi connectivity index (χ1n) is 7.42. The molecule has 0 unspecified atom stereocenters. The van der Waals surface area contributed by atoms with E-state index in [2.05, 4.69) is 16.5 Å². The number of amides is 1. The summed E-state index contributed by atoms with van der Waals surface area (Å²) < 4.78 is 10.9. The van der Waals surface area contributed by atoms with Gasteiger partial charge in [0.05, 0.1) is 11.3 Å². The molecule has 5 heteroatoms. The molecule has 0 saturated carbocycles. The maximum atomic E-state index is 12.7. The van der Waals surface area contributed by atoms with Crippen molar-refractivity contribution in [2.75, 3.05) is 26.3 Å². The number of rotatable bonds is 4. The minimum Gasteiger partial charge on any atom is -0.381 e. The number of fused-ring (bicyclic) bond motifs is 1. The molecule has 21 heavy (non-hydrogen) atoms. The lowest BCUT2D eigenvalue weighted by Crippen LogP contribution is -2.29. The summed E-state index contributed by atoms with van der Waals surface area (Å²) in [5.74, 6) is 0.520. The van der Waals surface area contributed by atoms with Crippen LogP contribution in [0.25, 0.3) is 10.1 Å². The summed E-state index contributed by atoms with van der Waals surface area (Å²) in [4.78, 5) is 14.6. The fourth-order valence-corrected chi connectivity index (χ4v) is 3.54. The molecule has 1 aromatic carbocycles. The lowest BCUT2D eigenvalue weighted by atomic mass is 10.1. The molecule has 1 atom stereocenters. The zero-order valence-electron chi connectivity index (χ0n) is 12.5. The fourth-order valence-electron chi connectivity index (χ4n) is 2.79. The van der Waals surface area contributed by atoms with E-state index in [0.29, 0.717) is 11.6 Å². The molecule has 1 amide bonds. The third-order valence-corrected chi connectivity index (χ3v) is 4.79. The highest BCUT2D eigenvalue weighted by Gasteiger charge is 2.29. The van der Waals surface area contributed by atoms with Gasteiger partial charge in [-0.25, -0.2) is 0 Å². The predicted octanol–water partition coefficient (Wildman–Crippen LogP) is 3.10. The number of aromatic nitrogens is 1. The van der Waals surface area contributed by atoms with Gasteiger partial charge in [0.2, 0.25) is 0 Å². The van der Waals surface area contributed by atoms with Crippen molar-refractivity contribution in [3.8, 4) is 0 Å². The van der Waals surface area contributed by atoms with Gasteiger partial charge in [-0.05, 0) is 43.9 Å². The van der Waals surface area contributed by atoms with E-state index in [0.717, 1.165) is 48.4 Å². The molecular weight excluding hydrogens is 284 g/mol. The molecule has 3 rings (SSSR count). The van der Waals surface area contributed by atoms with Crippen LogP contribution in [0, 0.1) is 12.8 Å². The average Bonchev–Trinajstić information content (AvgIpc) is 3.10. The normalized spacial score (nSPS) is 18.6. The van der Waals surface area contributed by atoms with Crippen molar-refractivity contribution in [3.05, 3.63) is 29.5 Å². The molecule has 0 aliphatic carbocycles. The highest BCUT2D eigenvalue weighted by Crippen LogP contribution is 2.27. The van der Waals surface area contributed by atoms with E-state index in [1.807, 2.05) is 24.8 Å². The first-order valence-corrected chi connectivity index (χ1v) is 8.19. The Kier molecular flexibility index (Phi) is 4.22. The molecule has 0 N–H and O–H groups in total. The lowest BCUT2D eigenvalue weighted by molar-refractivity contribution is 0.0760. The van der Waals surface area contributed by atoms with Gasteiger partial charge in [-0.2, -0.15) is 4.37 Å². The number of hydrogen-bond donors (Lipinski definition) is 0. The van der Waals surface area contributed by atoms with Crippen molar-refractivity contribution < 1.29 is 9.53 Å². The topological polar surface area (TPSA) is 42.4 Å². The largest absolute Gasteiger partial charge is 0.381 e. The first-order chi connectivity index (χ1) is 10.2. The number of hydrogen-bond acceptors (Lipinski definition) is 4. The number of carbonyl (C=O) groups excluding carboxylic acids is 1. The number of carbonyl (C=O) groups is 1. The Bertz CT molecular complexity index is 653. The second kappa shape index (κ2) is 6.12. The second-order valence-electron chi connectivity index (χ2n) is 5.60. The third kappa shape index (κ3) is 2.94. The van der Waals surface area contributed by atoms with Crippen molar-refractivity contribution in [2.24, 2.45) is 5.92 Å². The van der Waals surface area contributed by atoms with Gasteiger partial charge in [-0.15, -0.1) is 0 Å². The van der Waals surface area contributed by atoms with E-state index in [9.17, 15) is 4.79 Å². The van der Waals surface area contributed by atoms with Gasteiger partial charge < -0.3 is 9.64 Å². The van der Waals surface area contributed by atoms with Gasteiger partial charge in [-0.3, -0.25) is 4.79 Å². The molecule has 1 aliphatic heterocycles. The molecule has 1 aliphatic rings. The number of aryl methyl sites for hydroxylation is 1. The highest BCUT2D eigenvalue weighted by atomic mass is 32.1. The van der Waals surface area contributed by atoms with Crippen molar-refractivity contribution in [2.45, 2.75) is 20.3 Å². The van der Waals surface area contributed by atoms with E-state index >= 15 is 0 Å². The highest BCUT2D eigenvalue weighted by molar-refractivity contribution is 7.13. The van der Waals surface area contributed by atoms with Gasteiger partial charge in [-0.1, -0.05) is 11.6 Å². The van der Waals surface area contributed by atoms with Gasteiger partial charge >= 0.3 is 0 Å². The molecule has 0 spiro atoms. The smallest absolute Gasteiger partial charge is 0.274 e. The van der Waals surface area contributed by atoms with Crippen molar-refractivity contribution in [3.63, 3.8) is 0 Å². The van der Waals surface area contributed by atoms with Crippen LogP contribution in [0.3, 0.4) is 0 Å². The van der Waals surface area contributed by atoms with Crippen LogP contribution in [0.15, 0.2) is 18.2 Å². The molecule has 2 heterocycles. The summed E-state index contributed by atoms with van der Waals surface area (Å²) in [7, 11) is 0. The Labute approximate surface area is 128 Å². The molecule has 1 aromatic heterocycles. The number of ether oxygens (including phenoxy) is 1. The Morgan fingerprint density at radius 3 is 3.19 bits per heavy atom. The number of likely N-dealkylation sites (tertiary alicyclic amines) is 1. The molecule has 112 valence electrons. The van der Waals surface area contributed by atoms with Crippen LogP contribution < -0.4 is 0 Å². The summed E-state index contributed by atoms with van der Waals surface area (Å²) in [6.07, 6.45) is 1.02. The van der Waals surface area contributed by atoms with Crippen LogP contribution >= 0.6 is 11.5 Å². The van der Waals surface area contributed by atoms with Crippen LogP contribution in [0.5, 0.6) is 0 Å². The summed E-state index contributed by atoms with van der Waals surface area (Å²) in [5.41, 5.74) is 1.77. The SMILES string of the molecule is CCOC[C@@H]1CCN(C(=O)c2nsc3ccc(C)cc23)C1. The quantitative estimate of drug-likeness (QED) is 0.871. The molecule has 0 bridgehead atoms. The van der Waals surface area contributed by atoms with Gasteiger partial charge in [0.1, 0.15) is 5.69 Å². The van der Waals surface area contributed by atoms with Gasteiger partial charge in [0.25, 0.3) is 5.91 Å². The lowest BCUT2D eigenvalue weighted by Gasteiger charge is -2.15. The monoisotopic (exact) mass is 304 g/mol. The summed E-state index contributed by atoms with van der Waals surface area (Å²) >= 11 is 1.40. The van der Waals surface area contributed by atoms with Crippen LogP contribution in [0.1, 0.15) is 29.4 Å². The zero-order chi connectivity index (χ0) is 14.8. The van der Waals surface area contributed by atoms with Gasteiger partial charge in [0.15, 0.2) is 0 Å². The predicted molar refractivity (Wildman–Crippen MR) is 84.9 cm³/mol. The minimum absolute atomic E-state index is 0.0610. The molecule has 4 nitrogen and oxygen atoms in total. The van der Waals surface area contributed by atoms with Crippen LogP contribution in [-0.4, -0.2) is 41.5 Å². The molecule has 0 radical (unpaired) electrons. The summed E-state index contributed by atoms with van der Waals surface area (Å²) in [5, 5.41) is 0.984. The van der Waals surface area contributed by atoms with Crippen LogP contribution in [0.2, 0.25) is 0 Å². The maximum Gasteiger partial charge on any atom is 0.274 e. The average molecular weight is 304 g/mol. The molecule has 1 saturated heterocycles. The van der Waals surface area contributed by atoms with E-state index in [1.165, 1.54) is 11.5 Å². The Balaban J connectivity index is 1.77. The zero-order valence-corrected chi connectivity index (χ0v) is 13.3. The molecule has 1 fully saturated rings. The van der Waals surface area contributed by atoms with E-state index in [1.54, 1.807) is 0 Å². The third-order valence-electron chi connectivity index (χ3n) is 3.96.